The van der Waals surface area contributed by atoms with Crippen molar-refractivity contribution in [3.8, 4) is 22.8 Å². The van der Waals surface area contributed by atoms with Crippen LogP contribution in [0.4, 0.5) is 11.4 Å². The van der Waals surface area contributed by atoms with Gasteiger partial charge in [0.25, 0.3) is 11.8 Å². The number of aromatic nitrogens is 1. The number of fused-ring (bicyclic) bond motifs is 2. The largest absolute Gasteiger partial charge is 0.482 e. The second-order valence-corrected chi connectivity index (χ2v) is 9.61. The zero-order valence-corrected chi connectivity index (χ0v) is 20.7. The van der Waals surface area contributed by atoms with Crippen molar-refractivity contribution < 1.29 is 23.9 Å². The van der Waals surface area contributed by atoms with E-state index in [9.17, 15) is 14.4 Å². The standard InChI is InChI=1S/C26H25N3O5S/c1-5-28-20-11-18(7-8-22(20)33-12-24(28)30)25(31)14(2)29-21-10-17(19-13-35-16(4)27-19)6-9-23(21)34-15(3)26(29)32/h6-11,13-15H,5,12H2,1-4H3. The molecule has 0 fully saturated rings. The van der Waals surface area contributed by atoms with Crippen molar-refractivity contribution >= 4 is 40.3 Å². The number of benzene rings is 2. The Morgan fingerprint density at radius 1 is 1.17 bits per heavy atom. The van der Waals surface area contributed by atoms with E-state index < -0.39 is 12.1 Å². The van der Waals surface area contributed by atoms with Crippen LogP contribution < -0.4 is 19.3 Å². The molecule has 2 aliphatic heterocycles. The van der Waals surface area contributed by atoms with Gasteiger partial charge in [-0.25, -0.2) is 4.98 Å². The topological polar surface area (TPSA) is 89.0 Å². The first-order valence-electron chi connectivity index (χ1n) is 11.5. The van der Waals surface area contributed by atoms with Gasteiger partial charge in [-0.3, -0.25) is 19.3 Å². The lowest BCUT2D eigenvalue weighted by molar-refractivity contribution is -0.126. The highest BCUT2D eigenvalue weighted by Gasteiger charge is 2.38. The molecule has 2 atom stereocenters. The highest BCUT2D eigenvalue weighted by atomic mass is 32.1. The zero-order chi connectivity index (χ0) is 24.9. The van der Waals surface area contributed by atoms with Crippen LogP contribution in [0.2, 0.25) is 0 Å². The van der Waals surface area contributed by atoms with Gasteiger partial charge in [0.15, 0.2) is 18.5 Å². The van der Waals surface area contributed by atoms with Crippen LogP contribution in [0.1, 0.15) is 36.1 Å². The van der Waals surface area contributed by atoms with Gasteiger partial charge in [0.2, 0.25) is 0 Å². The molecule has 2 unspecified atom stereocenters. The quantitative estimate of drug-likeness (QED) is 0.496. The molecule has 180 valence electrons. The Labute approximate surface area is 207 Å². The van der Waals surface area contributed by atoms with Gasteiger partial charge in [-0.15, -0.1) is 11.3 Å². The minimum atomic E-state index is -0.798. The van der Waals surface area contributed by atoms with Crippen LogP contribution in [0.3, 0.4) is 0 Å². The summed E-state index contributed by atoms with van der Waals surface area (Å²) >= 11 is 1.54. The van der Waals surface area contributed by atoms with E-state index in [-0.39, 0.29) is 24.2 Å². The smallest absolute Gasteiger partial charge is 0.268 e. The van der Waals surface area contributed by atoms with Gasteiger partial charge >= 0.3 is 0 Å². The maximum Gasteiger partial charge on any atom is 0.268 e. The minimum absolute atomic E-state index is 0.0255. The molecular formula is C26H25N3O5S. The van der Waals surface area contributed by atoms with Gasteiger partial charge in [0, 0.05) is 23.1 Å². The summed E-state index contributed by atoms with van der Waals surface area (Å²) in [5, 5.41) is 2.90. The zero-order valence-electron chi connectivity index (χ0n) is 19.9. The van der Waals surface area contributed by atoms with Crippen molar-refractivity contribution in [3.05, 3.63) is 52.3 Å². The van der Waals surface area contributed by atoms with Gasteiger partial charge in [0.1, 0.15) is 11.5 Å². The Kier molecular flexibility index (Phi) is 5.80. The first kappa shape index (κ1) is 23.0. The van der Waals surface area contributed by atoms with E-state index in [1.165, 1.54) is 4.90 Å². The molecule has 0 spiro atoms. The fourth-order valence-corrected chi connectivity index (χ4v) is 5.10. The molecule has 2 amide bonds. The lowest BCUT2D eigenvalue weighted by atomic mass is 9.99. The average Bonchev–Trinajstić information content (AvgIpc) is 3.29. The third-order valence-electron chi connectivity index (χ3n) is 6.29. The average molecular weight is 492 g/mol. The first-order valence-corrected chi connectivity index (χ1v) is 12.3. The number of likely N-dealkylation sites (N-methyl/N-ethyl adjacent to an activating group) is 1. The lowest BCUT2D eigenvalue weighted by Crippen LogP contribution is -2.51. The summed E-state index contributed by atoms with van der Waals surface area (Å²) < 4.78 is 11.4. The van der Waals surface area contributed by atoms with E-state index in [0.717, 1.165) is 16.3 Å². The van der Waals surface area contributed by atoms with E-state index in [0.29, 0.717) is 35.0 Å². The Hall–Kier alpha value is -3.72. The Balaban J connectivity index is 1.52. The molecule has 0 aliphatic carbocycles. The van der Waals surface area contributed by atoms with Crippen LogP contribution in [0.5, 0.6) is 11.5 Å². The minimum Gasteiger partial charge on any atom is -0.482 e. The summed E-state index contributed by atoms with van der Waals surface area (Å²) in [6.07, 6.45) is -0.727. The molecule has 2 aromatic carbocycles. The lowest BCUT2D eigenvalue weighted by Gasteiger charge is -2.36. The molecule has 9 heteroatoms. The van der Waals surface area contributed by atoms with Gasteiger partial charge in [-0.05, 0) is 64.1 Å². The summed E-state index contributed by atoms with van der Waals surface area (Å²) in [5.41, 5.74) is 3.13. The Morgan fingerprint density at radius 3 is 2.66 bits per heavy atom. The van der Waals surface area contributed by atoms with Crippen LogP contribution in [0, 0.1) is 6.92 Å². The van der Waals surface area contributed by atoms with Crippen molar-refractivity contribution in [1.82, 2.24) is 4.98 Å². The number of hydrogen-bond acceptors (Lipinski definition) is 7. The summed E-state index contributed by atoms with van der Waals surface area (Å²) in [7, 11) is 0. The van der Waals surface area contributed by atoms with Crippen LogP contribution in [-0.2, 0) is 9.59 Å². The number of anilines is 2. The third-order valence-corrected chi connectivity index (χ3v) is 7.07. The summed E-state index contributed by atoms with van der Waals surface area (Å²) in [4.78, 5) is 46.8. The fourth-order valence-electron chi connectivity index (χ4n) is 4.48. The van der Waals surface area contributed by atoms with Crippen LogP contribution in [0.25, 0.3) is 11.3 Å². The monoisotopic (exact) mass is 491 g/mol. The number of nitrogens with zero attached hydrogens (tertiary/aromatic N) is 3. The molecule has 0 saturated carbocycles. The highest BCUT2D eigenvalue weighted by Crippen LogP contribution is 2.40. The van der Waals surface area contributed by atoms with E-state index >= 15 is 0 Å². The molecule has 1 aromatic heterocycles. The van der Waals surface area contributed by atoms with Crippen molar-refractivity contribution in [2.24, 2.45) is 0 Å². The predicted molar refractivity (Wildman–Crippen MR) is 134 cm³/mol. The number of ketones is 1. The number of amides is 2. The third kappa shape index (κ3) is 3.95. The van der Waals surface area contributed by atoms with Gasteiger partial charge < -0.3 is 14.4 Å². The molecule has 5 rings (SSSR count). The van der Waals surface area contributed by atoms with Crippen molar-refractivity contribution in [2.45, 2.75) is 39.8 Å². The predicted octanol–water partition coefficient (Wildman–Crippen LogP) is 4.25. The molecule has 0 radical (unpaired) electrons. The van der Waals surface area contributed by atoms with Crippen molar-refractivity contribution in [1.29, 1.82) is 0 Å². The molecule has 8 nitrogen and oxygen atoms in total. The number of Topliss-reactive ketones (excluding diaryl/α,β-unsaturated/α-hetero) is 1. The Morgan fingerprint density at radius 2 is 1.94 bits per heavy atom. The molecule has 35 heavy (non-hydrogen) atoms. The second kappa shape index (κ2) is 8.81. The normalized spacial score (nSPS) is 17.9. The van der Waals surface area contributed by atoms with Crippen LogP contribution in [-0.4, -0.2) is 47.9 Å². The summed E-state index contributed by atoms with van der Waals surface area (Å²) in [5.74, 6) is 0.393. The number of carbonyl (C=O) groups is 3. The number of aryl methyl sites for hydroxylation is 1. The number of thiazole rings is 1. The van der Waals surface area contributed by atoms with Gasteiger partial charge in [-0.1, -0.05) is 0 Å². The van der Waals surface area contributed by atoms with E-state index in [2.05, 4.69) is 4.98 Å². The summed E-state index contributed by atoms with van der Waals surface area (Å²) in [6.45, 7) is 7.63. The molecule has 3 aromatic rings. The number of carbonyl (C=O) groups excluding carboxylic acids is 3. The van der Waals surface area contributed by atoms with E-state index in [1.54, 1.807) is 48.3 Å². The molecule has 3 heterocycles. The number of hydrogen-bond donors (Lipinski definition) is 0. The Bertz CT molecular complexity index is 1350. The van der Waals surface area contributed by atoms with E-state index in [4.69, 9.17) is 9.47 Å². The summed E-state index contributed by atoms with van der Waals surface area (Å²) in [6, 6.07) is 9.80. The van der Waals surface area contributed by atoms with Crippen LogP contribution in [0.15, 0.2) is 41.8 Å². The van der Waals surface area contributed by atoms with Crippen LogP contribution >= 0.6 is 11.3 Å². The SMILES string of the molecule is CCN1C(=O)COc2ccc(C(=O)C(C)N3C(=O)C(C)Oc4ccc(-c5csc(C)n5)cc43)cc21. The van der Waals surface area contributed by atoms with Gasteiger partial charge in [-0.2, -0.15) is 0 Å². The van der Waals surface area contributed by atoms with Gasteiger partial charge in [0.05, 0.1) is 28.1 Å². The fraction of sp³-hybridized carbons (Fsp3) is 0.308. The maximum absolute atomic E-state index is 13.6. The number of rotatable bonds is 5. The van der Waals surface area contributed by atoms with Crippen molar-refractivity contribution in [2.75, 3.05) is 23.0 Å². The maximum atomic E-state index is 13.6. The molecule has 0 N–H and O–H groups in total. The highest BCUT2D eigenvalue weighted by molar-refractivity contribution is 7.09. The number of ether oxygens (including phenoxy) is 2. The molecule has 2 aliphatic rings. The molecule has 0 saturated heterocycles. The van der Waals surface area contributed by atoms with Crippen molar-refractivity contribution in [3.63, 3.8) is 0 Å². The molecular weight excluding hydrogens is 466 g/mol. The second-order valence-electron chi connectivity index (χ2n) is 8.55. The molecule has 0 bridgehead atoms. The van der Waals surface area contributed by atoms with E-state index in [1.807, 2.05) is 37.4 Å². The first-order chi connectivity index (χ1) is 16.8.